The Hall–Kier alpha value is -1.77. The molecule has 1 aromatic rings. The van der Waals surface area contributed by atoms with Gasteiger partial charge in [-0.15, -0.1) is 0 Å². The molecule has 0 aliphatic rings. The Morgan fingerprint density at radius 3 is 2.18 bits per heavy atom. The lowest BCUT2D eigenvalue weighted by atomic mass is 10.2. The average Bonchev–Trinajstić information content (AvgIpc) is 2.42. The summed E-state index contributed by atoms with van der Waals surface area (Å²) in [4.78, 5) is 32.3. The van der Waals surface area contributed by atoms with Crippen LogP contribution >= 0.6 is 34.8 Å². The van der Waals surface area contributed by atoms with Crippen LogP contribution in [0.25, 0.3) is 0 Å². The Morgan fingerprint density at radius 2 is 1.68 bits per heavy atom. The van der Waals surface area contributed by atoms with Crippen molar-refractivity contribution >= 4 is 52.7 Å². The van der Waals surface area contributed by atoms with Crippen LogP contribution in [-0.4, -0.2) is 27.5 Å². The molecular formula is C11H9Cl3N2O6. The Morgan fingerprint density at radius 1 is 1.14 bits per heavy atom. The number of nitro benzene ring substituents is 1. The molecule has 1 rings (SSSR count). The summed E-state index contributed by atoms with van der Waals surface area (Å²) in [5.41, 5.74) is 0.402. The van der Waals surface area contributed by atoms with E-state index in [1.54, 1.807) is 5.32 Å². The fourth-order valence-corrected chi connectivity index (χ4v) is 1.33. The molecule has 0 saturated carbocycles. The number of imide groups is 1. The largest absolute Gasteiger partial charge is 0.445 e. The second-order valence-electron chi connectivity index (χ2n) is 3.82. The SMILES string of the molecule is O=C(NC(=O)OCC(Cl)(Cl)Cl)OCc1ccc([N+](=O)[O-])cc1. The van der Waals surface area contributed by atoms with Gasteiger partial charge < -0.3 is 9.47 Å². The lowest BCUT2D eigenvalue weighted by Crippen LogP contribution is -2.33. The molecule has 120 valence electrons. The molecule has 22 heavy (non-hydrogen) atoms. The number of benzene rings is 1. The third-order valence-electron chi connectivity index (χ3n) is 2.09. The van der Waals surface area contributed by atoms with Crippen LogP contribution in [0.4, 0.5) is 15.3 Å². The number of nitrogens with zero attached hydrogens (tertiary/aromatic N) is 1. The highest BCUT2D eigenvalue weighted by Crippen LogP contribution is 2.25. The van der Waals surface area contributed by atoms with Crippen molar-refractivity contribution < 1.29 is 24.0 Å². The second kappa shape index (κ2) is 8.02. The number of ether oxygens (including phenoxy) is 2. The molecule has 0 bridgehead atoms. The Balaban J connectivity index is 2.36. The van der Waals surface area contributed by atoms with Gasteiger partial charge in [0.05, 0.1) is 4.92 Å². The molecule has 0 aliphatic heterocycles. The molecular weight excluding hydrogens is 362 g/mol. The van der Waals surface area contributed by atoms with E-state index in [0.717, 1.165) is 0 Å². The molecule has 0 spiro atoms. The van der Waals surface area contributed by atoms with Crippen molar-refractivity contribution in [3.63, 3.8) is 0 Å². The third-order valence-corrected chi connectivity index (χ3v) is 2.42. The van der Waals surface area contributed by atoms with E-state index in [1.165, 1.54) is 24.3 Å². The highest BCUT2D eigenvalue weighted by atomic mass is 35.6. The summed E-state index contributed by atoms with van der Waals surface area (Å²) < 4.78 is 7.37. The van der Waals surface area contributed by atoms with E-state index in [2.05, 4.69) is 4.74 Å². The molecule has 0 atom stereocenters. The number of nitrogens with one attached hydrogen (secondary N) is 1. The Kier molecular flexibility index (Phi) is 6.66. The first-order chi connectivity index (χ1) is 10.2. The first-order valence-electron chi connectivity index (χ1n) is 5.58. The number of alkyl halides is 3. The van der Waals surface area contributed by atoms with E-state index in [9.17, 15) is 19.7 Å². The predicted octanol–water partition coefficient (Wildman–Crippen LogP) is 3.33. The molecule has 0 saturated heterocycles. The van der Waals surface area contributed by atoms with Crippen molar-refractivity contribution in [3.05, 3.63) is 39.9 Å². The number of carbonyl (C=O) groups excluding carboxylic acids is 2. The van der Waals surface area contributed by atoms with Crippen LogP contribution in [0.1, 0.15) is 5.56 Å². The van der Waals surface area contributed by atoms with Crippen LogP contribution in [0.15, 0.2) is 24.3 Å². The number of nitro groups is 1. The number of hydrogen-bond donors (Lipinski definition) is 1. The molecule has 0 heterocycles. The predicted molar refractivity (Wildman–Crippen MR) is 78.1 cm³/mol. The summed E-state index contributed by atoms with van der Waals surface area (Å²) in [6.45, 7) is -0.735. The molecule has 0 fully saturated rings. The van der Waals surface area contributed by atoms with Crippen molar-refractivity contribution in [3.8, 4) is 0 Å². The number of rotatable bonds is 4. The van der Waals surface area contributed by atoms with E-state index in [4.69, 9.17) is 39.5 Å². The van der Waals surface area contributed by atoms with E-state index in [1.807, 2.05) is 0 Å². The first kappa shape index (κ1) is 18.3. The maximum absolute atomic E-state index is 11.3. The number of alkyl carbamates (subject to hydrolysis) is 2. The first-order valence-corrected chi connectivity index (χ1v) is 6.71. The zero-order valence-corrected chi connectivity index (χ0v) is 13.0. The standard InChI is InChI=1S/C11H9Cl3N2O6/c12-11(13,14)6-22-10(18)15-9(17)21-5-7-1-3-8(4-2-7)16(19)20/h1-4H,5-6H2,(H,15,17,18). The van der Waals surface area contributed by atoms with Crippen molar-refractivity contribution in [1.82, 2.24) is 5.32 Å². The Labute approximate surface area is 139 Å². The van der Waals surface area contributed by atoms with Gasteiger partial charge in [0, 0.05) is 12.1 Å². The monoisotopic (exact) mass is 370 g/mol. The number of halogens is 3. The lowest BCUT2D eigenvalue weighted by Gasteiger charge is -2.11. The van der Waals surface area contributed by atoms with E-state index >= 15 is 0 Å². The van der Waals surface area contributed by atoms with Gasteiger partial charge in [-0.2, -0.15) is 0 Å². The summed E-state index contributed by atoms with van der Waals surface area (Å²) in [5.74, 6) is 0. The van der Waals surface area contributed by atoms with Gasteiger partial charge in [-0.1, -0.05) is 34.8 Å². The normalized spacial score (nSPS) is 10.7. The van der Waals surface area contributed by atoms with Crippen LogP contribution < -0.4 is 5.32 Å². The number of hydrogen-bond acceptors (Lipinski definition) is 6. The smallest absolute Gasteiger partial charge is 0.416 e. The van der Waals surface area contributed by atoms with Gasteiger partial charge in [-0.05, 0) is 17.7 Å². The fraction of sp³-hybridized carbons (Fsp3) is 0.273. The van der Waals surface area contributed by atoms with Crippen LogP contribution in [0.3, 0.4) is 0 Å². The highest BCUT2D eigenvalue weighted by Gasteiger charge is 2.23. The summed E-state index contributed by atoms with van der Waals surface area (Å²) in [7, 11) is 0. The van der Waals surface area contributed by atoms with Crippen LogP contribution in [0.2, 0.25) is 0 Å². The second-order valence-corrected chi connectivity index (χ2v) is 6.33. The van der Waals surface area contributed by atoms with Gasteiger partial charge in [0.2, 0.25) is 3.79 Å². The molecule has 1 N–H and O–H groups in total. The minimum atomic E-state index is -1.79. The van der Waals surface area contributed by atoms with Gasteiger partial charge in [0.25, 0.3) is 5.69 Å². The molecule has 2 amide bonds. The third kappa shape index (κ3) is 7.30. The van der Waals surface area contributed by atoms with Gasteiger partial charge >= 0.3 is 12.2 Å². The summed E-state index contributed by atoms with van der Waals surface area (Å²) in [6.07, 6.45) is -2.22. The fourth-order valence-electron chi connectivity index (χ4n) is 1.17. The lowest BCUT2D eigenvalue weighted by molar-refractivity contribution is -0.384. The quantitative estimate of drug-likeness (QED) is 0.494. The molecule has 0 unspecified atom stereocenters. The van der Waals surface area contributed by atoms with Crippen molar-refractivity contribution in [2.24, 2.45) is 0 Å². The zero-order chi connectivity index (χ0) is 16.8. The maximum Gasteiger partial charge on any atom is 0.416 e. The van der Waals surface area contributed by atoms with E-state index < -0.39 is 27.5 Å². The number of carbonyl (C=O) groups is 2. The van der Waals surface area contributed by atoms with Crippen molar-refractivity contribution in [2.75, 3.05) is 6.61 Å². The van der Waals surface area contributed by atoms with E-state index in [0.29, 0.717) is 5.56 Å². The average molecular weight is 372 g/mol. The topological polar surface area (TPSA) is 108 Å². The molecule has 1 aromatic carbocycles. The molecule has 8 nitrogen and oxygen atoms in total. The highest BCUT2D eigenvalue weighted by molar-refractivity contribution is 6.67. The van der Waals surface area contributed by atoms with E-state index in [-0.39, 0.29) is 12.3 Å². The maximum atomic E-state index is 11.3. The van der Waals surface area contributed by atoms with Gasteiger partial charge in [0.15, 0.2) is 0 Å². The summed E-state index contributed by atoms with van der Waals surface area (Å²) in [5, 5.41) is 12.2. The van der Waals surface area contributed by atoms with Crippen molar-refractivity contribution in [2.45, 2.75) is 10.4 Å². The molecule has 0 radical (unpaired) electrons. The Bertz CT molecular complexity index is 558. The molecule has 0 aromatic heterocycles. The summed E-state index contributed by atoms with van der Waals surface area (Å²) >= 11 is 16.1. The molecule has 0 aliphatic carbocycles. The van der Waals surface area contributed by atoms with Crippen molar-refractivity contribution in [1.29, 1.82) is 0 Å². The number of amides is 2. The zero-order valence-electron chi connectivity index (χ0n) is 10.8. The number of non-ortho nitro benzene ring substituents is 1. The summed E-state index contributed by atoms with van der Waals surface area (Å²) in [6, 6.07) is 5.33. The van der Waals surface area contributed by atoms with Crippen LogP contribution in [0.5, 0.6) is 0 Å². The minimum Gasteiger partial charge on any atom is -0.445 e. The van der Waals surface area contributed by atoms with Crippen LogP contribution in [-0.2, 0) is 16.1 Å². The minimum absolute atomic E-state index is 0.0940. The van der Waals surface area contributed by atoms with Gasteiger partial charge in [0.1, 0.15) is 13.2 Å². The van der Waals surface area contributed by atoms with Gasteiger partial charge in [-0.25, -0.2) is 14.9 Å². The van der Waals surface area contributed by atoms with Gasteiger partial charge in [-0.3, -0.25) is 10.1 Å². The molecule has 11 heteroatoms. The van der Waals surface area contributed by atoms with Crippen LogP contribution in [0, 0.1) is 10.1 Å².